The van der Waals surface area contributed by atoms with E-state index < -0.39 is 0 Å². The molecule has 0 radical (unpaired) electrons. The van der Waals surface area contributed by atoms with Crippen LogP contribution in [0, 0.1) is 6.92 Å². The maximum Gasteiger partial charge on any atom is 0.0902 e. The minimum atomic E-state index is 0.681. The molecule has 0 N–H and O–H groups in total. The molecular weight excluding hydrogens is 244 g/mol. The van der Waals surface area contributed by atoms with Gasteiger partial charge in [0.1, 0.15) is 0 Å². The van der Waals surface area contributed by atoms with Crippen molar-refractivity contribution in [2.75, 3.05) is 0 Å². The van der Waals surface area contributed by atoms with Gasteiger partial charge in [-0.05, 0) is 30.7 Å². The SMILES string of the molecule is Cc1ccccc1-c1cnc2cc(Cl)ccc2n1. The highest BCUT2D eigenvalue weighted by Gasteiger charge is 2.05. The number of fused-ring (bicyclic) bond motifs is 1. The predicted molar refractivity (Wildman–Crippen MR) is 74.7 cm³/mol. The highest BCUT2D eigenvalue weighted by molar-refractivity contribution is 6.31. The van der Waals surface area contributed by atoms with Crippen LogP contribution in [0.2, 0.25) is 5.02 Å². The summed E-state index contributed by atoms with van der Waals surface area (Å²) in [5, 5.41) is 0.681. The van der Waals surface area contributed by atoms with Gasteiger partial charge in [-0.3, -0.25) is 4.98 Å². The van der Waals surface area contributed by atoms with Crippen LogP contribution < -0.4 is 0 Å². The minimum absolute atomic E-state index is 0.681. The largest absolute Gasteiger partial charge is 0.252 e. The normalized spacial score (nSPS) is 10.8. The lowest BCUT2D eigenvalue weighted by Crippen LogP contribution is -1.90. The number of hydrogen-bond acceptors (Lipinski definition) is 2. The topological polar surface area (TPSA) is 25.8 Å². The highest BCUT2D eigenvalue weighted by Crippen LogP contribution is 2.23. The quantitative estimate of drug-likeness (QED) is 0.648. The molecule has 0 bridgehead atoms. The molecule has 0 saturated heterocycles. The second-order valence-corrected chi connectivity index (χ2v) is 4.64. The fourth-order valence-electron chi connectivity index (χ4n) is 1.97. The van der Waals surface area contributed by atoms with Gasteiger partial charge in [-0.25, -0.2) is 4.98 Å². The van der Waals surface area contributed by atoms with Gasteiger partial charge in [0.25, 0.3) is 0 Å². The molecule has 3 rings (SSSR count). The van der Waals surface area contributed by atoms with Crippen LogP contribution in [0.5, 0.6) is 0 Å². The Bertz CT molecular complexity index is 723. The summed E-state index contributed by atoms with van der Waals surface area (Å²) in [5.41, 5.74) is 4.88. The first-order valence-electron chi connectivity index (χ1n) is 5.72. The molecule has 1 aromatic heterocycles. The molecule has 88 valence electrons. The molecule has 18 heavy (non-hydrogen) atoms. The molecule has 0 spiro atoms. The van der Waals surface area contributed by atoms with Crippen LogP contribution in [0.3, 0.4) is 0 Å². The number of halogens is 1. The van der Waals surface area contributed by atoms with E-state index in [4.69, 9.17) is 11.6 Å². The zero-order valence-electron chi connectivity index (χ0n) is 9.89. The molecule has 0 saturated carbocycles. The van der Waals surface area contributed by atoms with E-state index in [2.05, 4.69) is 29.0 Å². The summed E-state index contributed by atoms with van der Waals surface area (Å²) in [4.78, 5) is 9.04. The first-order chi connectivity index (χ1) is 8.74. The fraction of sp³-hybridized carbons (Fsp3) is 0.0667. The molecule has 0 amide bonds. The van der Waals surface area contributed by atoms with Crippen molar-refractivity contribution in [2.24, 2.45) is 0 Å². The van der Waals surface area contributed by atoms with Gasteiger partial charge < -0.3 is 0 Å². The minimum Gasteiger partial charge on any atom is -0.252 e. The Labute approximate surface area is 110 Å². The third kappa shape index (κ3) is 1.95. The zero-order valence-corrected chi connectivity index (χ0v) is 10.6. The van der Waals surface area contributed by atoms with Crippen molar-refractivity contribution < 1.29 is 0 Å². The lowest BCUT2D eigenvalue weighted by Gasteiger charge is -2.05. The molecule has 0 unspecified atom stereocenters. The van der Waals surface area contributed by atoms with Crippen LogP contribution in [0.4, 0.5) is 0 Å². The number of benzene rings is 2. The predicted octanol–water partition coefficient (Wildman–Crippen LogP) is 4.26. The van der Waals surface area contributed by atoms with Crippen LogP contribution in [0.1, 0.15) is 5.56 Å². The van der Waals surface area contributed by atoms with Crippen LogP contribution in [-0.2, 0) is 0 Å². The second kappa shape index (κ2) is 4.39. The molecule has 0 fully saturated rings. The Hall–Kier alpha value is -1.93. The molecule has 0 aliphatic carbocycles. The number of nitrogens with zero attached hydrogens (tertiary/aromatic N) is 2. The third-order valence-corrected chi connectivity index (χ3v) is 3.16. The van der Waals surface area contributed by atoms with Crippen molar-refractivity contribution in [1.29, 1.82) is 0 Å². The van der Waals surface area contributed by atoms with Crippen LogP contribution in [0.25, 0.3) is 22.3 Å². The van der Waals surface area contributed by atoms with E-state index in [0.29, 0.717) is 5.02 Å². The van der Waals surface area contributed by atoms with Crippen LogP contribution in [0.15, 0.2) is 48.7 Å². The highest BCUT2D eigenvalue weighted by atomic mass is 35.5. The van der Waals surface area contributed by atoms with Gasteiger partial charge in [0.15, 0.2) is 0 Å². The number of rotatable bonds is 1. The Morgan fingerprint density at radius 3 is 2.67 bits per heavy atom. The maximum atomic E-state index is 5.93. The fourth-order valence-corrected chi connectivity index (χ4v) is 2.14. The first kappa shape index (κ1) is 11.2. The van der Waals surface area contributed by atoms with E-state index in [9.17, 15) is 0 Å². The van der Waals surface area contributed by atoms with Crippen molar-refractivity contribution >= 4 is 22.6 Å². The van der Waals surface area contributed by atoms with Gasteiger partial charge in [-0.1, -0.05) is 35.9 Å². The molecule has 2 aromatic carbocycles. The van der Waals surface area contributed by atoms with Gasteiger partial charge in [-0.15, -0.1) is 0 Å². The van der Waals surface area contributed by atoms with Crippen molar-refractivity contribution in [3.63, 3.8) is 0 Å². The summed E-state index contributed by atoms with van der Waals surface area (Å²) >= 11 is 5.93. The number of hydrogen-bond donors (Lipinski definition) is 0. The summed E-state index contributed by atoms with van der Waals surface area (Å²) in [6, 6.07) is 13.7. The summed E-state index contributed by atoms with van der Waals surface area (Å²) in [6.45, 7) is 2.07. The first-order valence-corrected chi connectivity index (χ1v) is 6.10. The number of aryl methyl sites for hydroxylation is 1. The van der Waals surface area contributed by atoms with E-state index in [1.807, 2.05) is 30.3 Å². The van der Waals surface area contributed by atoms with Crippen LogP contribution >= 0.6 is 11.6 Å². The van der Waals surface area contributed by atoms with Gasteiger partial charge in [0, 0.05) is 10.6 Å². The Morgan fingerprint density at radius 2 is 1.83 bits per heavy atom. The summed E-state index contributed by atoms with van der Waals surface area (Å²) in [6.07, 6.45) is 1.79. The van der Waals surface area contributed by atoms with Gasteiger partial charge in [0.2, 0.25) is 0 Å². The molecule has 3 aromatic rings. The monoisotopic (exact) mass is 254 g/mol. The summed E-state index contributed by atoms with van der Waals surface area (Å²) < 4.78 is 0. The Kier molecular flexibility index (Phi) is 2.73. The lowest BCUT2D eigenvalue weighted by molar-refractivity contribution is 1.28. The smallest absolute Gasteiger partial charge is 0.0902 e. The molecule has 3 heteroatoms. The molecule has 0 aliphatic heterocycles. The van der Waals surface area contributed by atoms with Gasteiger partial charge in [0.05, 0.1) is 22.9 Å². The maximum absolute atomic E-state index is 5.93. The number of aromatic nitrogens is 2. The Morgan fingerprint density at radius 1 is 1.00 bits per heavy atom. The molecule has 2 nitrogen and oxygen atoms in total. The van der Waals surface area contributed by atoms with E-state index in [-0.39, 0.29) is 0 Å². The van der Waals surface area contributed by atoms with E-state index in [0.717, 1.165) is 22.3 Å². The van der Waals surface area contributed by atoms with Crippen LogP contribution in [-0.4, -0.2) is 9.97 Å². The average Bonchev–Trinajstić information content (AvgIpc) is 2.39. The van der Waals surface area contributed by atoms with Gasteiger partial charge >= 0.3 is 0 Å². The summed E-state index contributed by atoms with van der Waals surface area (Å²) in [5.74, 6) is 0. The second-order valence-electron chi connectivity index (χ2n) is 4.20. The van der Waals surface area contributed by atoms with Crippen molar-refractivity contribution in [1.82, 2.24) is 9.97 Å². The molecule has 0 atom stereocenters. The molecule has 1 heterocycles. The standard InChI is InChI=1S/C15H11ClN2/c1-10-4-2-3-5-12(10)15-9-17-14-8-11(16)6-7-13(14)18-15/h2-9H,1H3. The van der Waals surface area contributed by atoms with E-state index >= 15 is 0 Å². The molecular formula is C15H11ClN2. The average molecular weight is 255 g/mol. The Balaban J connectivity index is 2.20. The van der Waals surface area contributed by atoms with Crippen molar-refractivity contribution in [2.45, 2.75) is 6.92 Å². The third-order valence-electron chi connectivity index (χ3n) is 2.93. The zero-order chi connectivity index (χ0) is 12.5. The van der Waals surface area contributed by atoms with E-state index in [1.54, 1.807) is 6.20 Å². The lowest BCUT2D eigenvalue weighted by atomic mass is 10.1. The summed E-state index contributed by atoms with van der Waals surface area (Å²) in [7, 11) is 0. The van der Waals surface area contributed by atoms with E-state index in [1.165, 1.54) is 5.56 Å². The molecule has 0 aliphatic rings. The van der Waals surface area contributed by atoms with Crippen molar-refractivity contribution in [3.05, 3.63) is 59.2 Å². The van der Waals surface area contributed by atoms with Gasteiger partial charge in [-0.2, -0.15) is 0 Å². The van der Waals surface area contributed by atoms with Crippen molar-refractivity contribution in [3.8, 4) is 11.3 Å².